The number of likely N-dealkylation sites (tertiary alicyclic amines) is 1. The Morgan fingerprint density at radius 2 is 1.75 bits per heavy atom. The summed E-state index contributed by atoms with van der Waals surface area (Å²) in [6.45, 7) is 13.9. The van der Waals surface area contributed by atoms with Crippen LogP contribution < -0.4 is 20.1 Å². The highest BCUT2D eigenvalue weighted by atomic mass is 32.2. The molecule has 1 fully saturated rings. The van der Waals surface area contributed by atoms with Gasteiger partial charge in [-0.3, -0.25) is 14.0 Å². The number of carbonyl (C=O) groups is 1. The molecular weight excluding hydrogens is 627 g/mol. The summed E-state index contributed by atoms with van der Waals surface area (Å²) < 4.78 is 35.2. The van der Waals surface area contributed by atoms with Gasteiger partial charge < -0.3 is 15.4 Å². The SMILES string of the molecule is CC(C)N1CCC[C@@]1(C)c1nnc2ccc(O[C@@H]3CC[C@H](NC(=O)Nc4cc(NS(C)(=O)=O)cc(C(C)(C)C)c4)c4ccccc43)cn12. The van der Waals surface area contributed by atoms with Crippen LogP contribution in [0.25, 0.3) is 5.65 Å². The van der Waals surface area contributed by atoms with Crippen LogP contribution >= 0.6 is 0 Å². The van der Waals surface area contributed by atoms with Crippen LogP contribution in [0.1, 0.15) is 102 Å². The van der Waals surface area contributed by atoms with Crippen LogP contribution in [0.3, 0.4) is 0 Å². The Hall–Kier alpha value is -4.16. The van der Waals surface area contributed by atoms with Gasteiger partial charge >= 0.3 is 6.03 Å². The lowest BCUT2D eigenvalue weighted by Gasteiger charge is -2.36. The van der Waals surface area contributed by atoms with E-state index in [2.05, 4.69) is 61.7 Å². The number of sulfonamides is 1. The Labute approximate surface area is 283 Å². The molecule has 2 aromatic heterocycles. The van der Waals surface area contributed by atoms with Crippen molar-refractivity contribution < 1.29 is 17.9 Å². The van der Waals surface area contributed by atoms with Crippen molar-refractivity contribution >= 4 is 33.1 Å². The third kappa shape index (κ3) is 7.00. The number of benzene rings is 2. The van der Waals surface area contributed by atoms with E-state index in [-0.39, 0.29) is 29.1 Å². The van der Waals surface area contributed by atoms with Crippen LogP contribution in [0.5, 0.6) is 5.75 Å². The highest BCUT2D eigenvalue weighted by molar-refractivity contribution is 7.92. The lowest BCUT2D eigenvalue weighted by atomic mass is 9.85. The summed E-state index contributed by atoms with van der Waals surface area (Å²) in [5.41, 5.74) is 4.15. The number of urea groups is 1. The molecule has 2 aromatic carbocycles. The Bertz CT molecular complexity index is 1930. The normalized spacial score (nSPS) is 21.7. The fourth-order valence-electron chi connectivity index (χ4n) is 7.28. The van der Waals surface area contributed by atoms with E-state index in [1.807, 2.05) is 63.4 Å². The summed E-state index contributed by atoms with van der Waals surface area (Å²) in [5.74, 6) is 1.67. The number of hydrogen-bond acceptors (Lipinski definition) is 7. The lowest BCUT2D eigenvalue weighted by Crippen LogP contribution is -2.44. The molecule has 48 heavy (non-hydrogen) atoms. The smallest absolute Gasteiger partial charge is 0.319 e. The zero-order valence-electron chi connectivity index (χ0n) is 28.9. The van der Waals surface area contributed by atoms with E-state index in [0.29, 0.717) is 30.3 Å². The van der Waals surface area contributed by atoms with Crippen LogP contribution in [0.15, 0.2) is 60.8 Å². The van der Waals surface area contributed by atoms with Crippen molar-refractivity contribution in [2.24, 2.45) is 0 Å². The Morgan fingerprint density at radius 1 is 1.02 bits per heavy atom. The quantitative estimate of drug-likeness (QED) is 0.186. The van der Waals surface area contributed by atoms with Crippen molar-refractivity contribution in [1.29, 1.82) is 0 Å². The minimum Gasteiger partial charge on any atom is -0.484 e. The van der Waals surface area contributed by atoms with Crippen LogP contribution in [0.2, 0.25) is 0 Å². The molecule has 1 aliphatic carbocycles. The predicted octanol–water partition coefficient (Wildman–Crippen LogP) is 6.89. The number of hydrogen-bond donors (Lipinski definition) is 3. The minimum atomic E-state index is -3.49. The van der Waals surface area contributed by atoms with Gasteiger partial charge in [0.2, 0.25) is 10.0 Å². The third-order valence-electron chi connectivity index (χ3n) is 9.56. The van der Waals surface area contributed by atoms with Crippen molar-refractivity contribution in [3.8, 4) is 5.75 Å². The zero-order valence-corrected chi connectivity index (χ0v) is 29.7. The number of rotatable bonds is 8. The maximum atomic E-state index is 13.3. The number of anilines is 2. The van der Waals surface area contributed by atoms with Crippen LogP contribution in [0, 0.1) is 0 Å². The molecule has 6 rings (SSSR count). The van der Waals surface area contributed by atoms with Gasteiger partial charge in [0.05, 0.1) is 29.7 Å². The van der Waals surface area contributed by atoms with Crippen LogP contribution in [-0.4, -0.2) is 52.8 Å². The van der Waals surface area contributed by atoms with E-state index in [1.54, 1.807) is 12.1 Å². The van der Waals surface area contributed by atoms with E-state index in [9.17, 15) is 13.2 Å². The predicted molar refractivity (Wildman–Crippen MR) is 189 cm³/mol. The average molecular weight is 674 g/mol. The fourth-order valence-corrected chi connectivity index (χ4v) is 7.82. The molecule has 11 nitrogen and oxygen atoms in total. The van der Waals surface area contributed by atoms with E-state index in [0.717, 1.165) is 59.6 Å². The number of nitrogens with zero attached hydrogens (tertiary/aromatic N) is 4. The molecule has 1 aliphatic heterocycles. The van der Waals surface area contributed by atoms with Gasteiger partial charge in [0.1, 0.15) is 11.9 Å². The monoisotopic (exact) mass is 673 g/mol. The topological polar surface area (TPSA) is 130 Å². The van der Waals surface area contributed by atoms with E-state index >= 15 is 0 Å². The number of nitrogens with one attached hydrogen (secondary N) is 3. The Kier molecular flexibility index (Phi) is 8.93. The Balaban J connectivity index is 1.20. The first-order chi connectivity index (χ1) is 22.6. The fraction of sp³-hybridized carbons (Fsp3) is 0.472. The molecule has 0 radical (unpaired) electrons. The van der Waals surface area contributed by atoms with Gasteiger partial charge in [0.25, 0.3) is 0 Å². The van der Waals surface area contributed by atoms with Gasteiger partial charge in [0.15, 0.2) is 11.5 Å². The van der Waals surface area contributed by atoms with Crippen molar-refractivity contribution in [3.05, 3.63) is 83.3 Å². The summed E-state index contributed by atoms with van der Waals surface area (Å²) >= 11 is 0. The molecule has 3 N–H and O–H groups in total. The molecule has 4 aromatic rings. The lowest BCUT2D eigenvalue weighted by molar-refractivity contribution is 0.108. The third-order valence-corrected chi connectivity index (χ3v) is 10.2. The first-order valence-corrected chi connectivity index (χ1v) is 18.6. The first kappa shape index (κ1) is 33.7. The number of carbonyl (C=O) groups excluding carboxylic acids is 1. The number of ether oxygens (including phenoxy) is 1. The molecule has 0 unspecified atom stereocenters. The summed E-state index contributed by atoms with van der Waals surface area (Å²) in [7, 11) is -3.49. The van der Waals surface area contributed by atoms with Gasteiger partial charge in [-0.25, -0.2) is 13.2 Å². The molecule has 3 atom stereocenters. The molecule has 3 heterocycles. The first-order valence-electron chi connectivity index (χ1n) is 16.7. The van der Waals surface area contributed by atoms with Crippen molar-refractivity contribution in [2.45, 2.75) is 96.4 Å². The maximum absolute atomic E-state index is 13.3. The van der Waals surface area contributed by atoms with Crippen LogP contribution in [0.4, 0.5) is 16.2 Å². The molecule has 0 bridgehead atoms. The standard InChI is InChI=1S/C36H47N7O4S/c1-23(2)43-18-10-17-36(43,6)33-40-39-32-16-13-27(22-42(32)33)47-31-15-14-30(28-11-8-9-12-29(28)31)38-34(44)37-25-19-24(35(3,4)5)20-26(21-25)41-48(7,45)46/h8-9,11-13,16,19-23,30-31,41H,10,14-15,17-18H2,1-7H3,(H2,37,38,44)/t30-,31+,36-/m0/s1. The molecule has 256 valence electrons. The van der Waals surface area contributed by atoms with Gasteiger partial charge in [-0.2, -0.15) is 0 Å². The number of aromatic nitrogens is 3. The largest absolute Gasteiger partial charge is 0.484 e. The van der Waals surface area contributed by atoms with Gasteiger partial charge in [-0.15, -0.1) is 10.2 Å². The maximum Gasteiger partial charge on any atom is 0.319 e. The van der Waals surface area contributed by atoms with Gasteiger partial charge in [-0.05, 0) is 105 Å². The van der Waals surface area contributed by atoms with Crippen molar-refractivity contribution in [1.82, 2.24) is 24.8 Å². The molecule has 12 heteroatoms. The molecule has 2 amide bonds. The summed E-state index contributed by atoms with van der Waals surface area (Å²) in [5, 5.41) is 15.2. The van der Waals surface area contributed by atoms with Crippen LogP contribution in [-0.2, 0) is 21.0 Å². The highest BCUT2D eigenvalue weighted by Gasteiger charge is 2.43. The number of pyridine rings is 1. The second-order valence-corrected chi connectivity index (χ2v) is 16.4. The minimum absolute atomic E-state index is 0.193. The molecule has 2 aliphatic rings. The highest BCUT2D eigenvalue weighted by Crippen LogP contribution is 2.41. The molecule has 0 spiro atoms. The van der Waals surface area contributed by atoms with Gasteiger partial charge in [-0.1, -0.05) is 45.0 Å². The average Bonchev–Trinajstić information content (AvgIpc) is 3.61. The summed E-state index contributed by atoms with van der Waals surface area (Å²) in [4.78, 5) is 15.8. The zero-order chi connectivity index (χ0) is 34.4. The Morgan fingerprint density at radius 3 is 2.46 bits per heavy atom. The van der Waals surface area contributed by atoms with E-state index in [1.165, 1.54) is 0 Å². The second kappa shape index (κ2) is 12.7. The van der Waals surface area contributed by atoms with Gasteiger partial charge in [0, 0.05) is 11.7 Å². The molecule has 1 saturated heterocycles. The summed E-state index contributed by atoms with van der Waals surface area (Å²) in [6, 6.07) is 17.1. The second-order valence-electron chi connectivity index (χ2n) is 14.7. The van der Waals surface area contributed by atoms with Crippen molar-refractivity contribution in [3.63, 3.8) is 0 Å². The number of amides is 2. The van der Waals surface area contributed by atoms with E-state index < -0.39 is 10.0 Å². The van der Waals surface area contributed by atoms with Crippen molar-refractivity contribution in [2.75, 3.05) is 22.8 Å². The van der Waals surface area contributed by atoms with E-state index in [4.69, 9.17) is 4.74 Å². The number of fused-ring (bicyclic) bond motifs is 2. The summed E-state index contributed by atoms with van der Waals surface area (Å²) in [6.07, 6.45) is 6.45. The molecule has 0 saturated carbocycles. The molecular formula is C36H47N7O4S.